The van der Waals surface area contributed by atoms with Crippen molar-refractivity contribution in [2.75, 3.05) is 19.0 Å². The molecule has 1 unspecified atom stereocenters. The first-order valence-corrected chi connectivity index (χ1v) is 5.87. The van der Waals surface area contributed by atoms with Crippen LogP contribution < -0.4 is 15.8 Å². The van der Waals surface area contributed by atoms with Crippen LogP contribution in [0.3, 0.4) is 0 Å². The minimum absolute atomic E-state index is 0.0513. The minimum Gasteiger partial charge on any atom is -0.496 e. The van der Waals surface area contributed by atoms with Crippen molar-refractivity contribution in [3.8, 4) is 5.75 Å². The Morgan fingerprint density at radius 2 is 2.35 bits per heavy atom. The smallest absolute Gasteiger partial charge is 0.304 e. The van der Waals surface area contributed by atoms with Crippen molar-refractivity contribution < 1.29 is 14.6 Å². The molecule has 0 fully saturated rings. The highest BCUT2D eigenvalue weighted by molar-refractivity contribution is 9.10. The third-order valence-corrected chi connectivity index (χ3v) is 2.78. The fourth-order valence-electron chi connectivity index (χ4n) is 1.32. The highest BCUT2D eigenvalue weighted by atomic mass is 79.9. The van der Waals surface area contributed by atoms with Crippen LogP contribution in [-0.2, 0) is 4.79 Å². The normalized spacial score (nSPS) is 11.9. The molecule has 0 bridgehead atoms. The summed E-state index contributed by atoms with van der Waals surface area (Å²) < 4.78 is 5.93. The van der Waals surface area contributed by atoms with Gasteiger partial charge in [0.15, 0.2) is 0 Å². The van der Waals surface area contributed by atoms with Gasteiger partial charge in [0.2, 0.25) is 0 Å². The molecule has 0 amide bonds. The molecule has 1 rings (SSSR count). The van der Waals surface area contributed by atoms with Gasteiger partial charge in [0.05, 0.1) is 18.0 Å². The molecule has 6 heteroatoms. The zero-order valence-electron chi connectivity index (χ0n) is 9.44. The second-order valence-corrected chi connectivity index (χ2v) is 4.44. The number of nitrogens with one attached hydrogen (secondary N) is 1. The van der Waals surface area contributed by atoms with Crippen LogP contribution in [0.5, 0.6) is 5.75 Å². The van der Waals surface area contributed by atoms with E-state index < -0.39 is 12.0 Å². The van der Waals surface area contributed by atoms with Gasteiger partial charge in [-0.2, -0.15) is 0 Å². The van der Waals surface area contributed by atoms with Crippen LogP contribution in [0.4, 0.5) is 5.69 Å². The molecule has 5 nitrogen and oxygen atoms in total. The van der Waals surface area contributed by atoms with Gasteiger partial charge in [-0.25, -0.2) is 0 Å². The average Bonchev–Trinajstić information content (AvgIpc) is 2.25. The van der Waals surface area contributed by atoms with Gasteiger partial charge in [-0.1, -0.05) is 0 Å². The largest absolute Gasteiger partial charge is 0.496 e. The lowest BCUT2D eigenvalue weighted by Gasteiger charge is -2.12. The van der Waals surface area contributed by atoms with Crippen molar-refractivity contribution in [3.63, 3.8) is 0 Å². The van der Waals surface area contributed by atoms with E-state index in [2.05, 4.69) is 21.2 Å². The molecule has 1 aromatic carbocycles. The summed E-state index contributed by atoms with van der Waals surface area (Å²) in [5, 5.41) is 11.6. The fourth-order valence-corrected chi connectivity index (χ4v) is 1.86. The van der Waals surface area contributed by atoms with Crippen molar-refractivity contribution in [1.29, 1.82) is 0 Å². The number of nitrogens with two attached hydrogens (primary N) is 1. The Labute approximate surface area is 108 Å². The Kier molecular flexibility index (Phi) is 5.24. The molecule has 94 valence electrons. The Morgan fingerprint density at radius 3 is 2.88 bits per heavy atom. The van der Waals surface area contributed by atoms with Crippen molar-refractivity contribution in [3.05, 3.63) is 22.7 Å². The van der Waals surface area contributed by atoms with E-state index in [1.54, 1.807) is 7.11 Å². The van der Waals surface area contributed by atoms with Gasteiger partial charge in [0.1, 0.15) is 5.75 Å². The number of carbonyl (C=O) groups is 1. The predicted octanol–water partition coefficient (Wildman–Crippen LogP) is 1.67. The van der Waals surface area contributed by atoms with Crippen LogP contribution >= 0.6 is 15.9 Å². The number of benzene rings is 1. The van der Waals surface area contributed by atoms with Gasteiger partial charge in [0, 0.05) is 18.3 Å². The first-order chi connectivity index (χ1) is 8.02. The first-order valence-electron chi connectivity index (χ1n) is 5.07. The zero-order chi connectivity index (χ0) is 12.8. The van der Waals surface area contributed by atoms with Crippen LogP contribution in [0.1, 0.15) is 6.42 Å². The quantitative estimate of drug-likeness (QED) is 0.744. The Hall–Kier alpha value is -1.27. The molecular weight excluding hydrogens is 288 g/mol. The second-order valence-electron chi connectivity index (χ2n) is 3.59. The third kappa shape index (κ3) is 4.62. The number of methoxy groups -OCH3 is 1. The van der Waals surface area contributed by atoms with Gasteiger partial charge in [0.25, 0.3) is 0 Å². The van der Waals surface area contributed by atoms with Crippen LogP contribution in [0.25, 0.3) is 0 Å². The Balaban J connectivity index is 2.52. The summed E-state index contributed by atoms with van der Waals surface area (Å²) in [6, 6.07) is 5.10. The van der Waals surface area contributed by atoms with E-state index in [0.717, 1.165) is 15.9 Å². The molecule has 0 saturated heterocycles. The predicted molar refractivity (Wildman–Crippen MR) is 69.4 cm³/mol. The number of hydrogen-bond donors (Lipinski definition) is 3. The highest BCUT2D eigenvalue weighted by Crippen LogP contribution is 2.27. The van der Waals surface area contributed by atoms with Gasteiger partial charge >= 0.3 is 5.97 Å². The van der Waals surface area contributed by atoms with Gasteiger partial charge in [-0.15, -0.1) is 0 Å². The lowest BCUT2D eigenvalue weighted by Crippen LogP contribution is -2.31. The Morgan fingerprint density at radius 1 is 1.65 bits per heavy atom. The average molecular weight is 303 g/mol. The number of carboxylic acid groups (broad SMARTS) is 1. The minimum atomic E-state index is -0.893. The molecule has 0 aliphatic carbocycles. The number of rotatable bonds is 6. The number of anilines is 1. The number of ether oxygens (including phenoxy) is 1. The molecule has 0 aliphatic rings. The monoisotopic (exact) mass is 302 g/mol. The lowest BCUT2D eigenvalue weighted by molar-refractivity contribution is -0.137. The van der Waals surface area contributed by atoms with E-state index in [4.69, 9.17) is 15.6 Å². The van der Waals surface area contributed by atoms with E-state index in [1.807, 2.05) is 18.2 Å². The molecule has 17 heavy (non-hydrogen) atoms. The second kappa shape index (κ2) is 6.46. The third-order valence-electron chi connectivity index (χ3n) is 2.16. The van der Waals surface area contributed by atoms with Crippen molar-refractivity contribution in [2.24, 2.45) is 5.73 Å². The van der Waals surface area contributed by atoms with E-state index in [-0.39, 0.29) is 6.42 Å². The summed E-state index contributed by atoms with van der Waals surface area (Å²) in [4.78, 5) is 10.4. The molecule has 0 saturated carbocycles. The van der Waals surface area contributed by atoms with Gasteiger partial charge in [-0.3, -0.25) is 4.79 Å². The summed E-state index contributed by atoms with van der Waals surface area (Å²) in [5.74, 6) is -0.152. The molecule has 0 radical (unpaired) electrons. The molecule has 0 aliphatic heterocycles. The van der Waals surface area contributed by atoms with Gasteiger partial charge < -0.3 is 20.9 Å². The summed E-state index contributed by atoms with van der Waals surface area (Å²) in [5.41, 5.74) is 6.50. The maximum Gasteiger partial charge on any atom is 0.304 e. The SMILES string of the molecule is COc1ccc(NCC(N)CC(=O)O)cc1Br. The zero-order valence-corrected chi connectivity index (χ0v) is 11.0. The first kappa shape index (κ1) is 13.8. The molecule has 1 aromatic rings. The van der Waals surface area contributed by atoms with Crippen LogP contribution in [0.2, 0.25) is 0 Å². The van der Waals surface area contributed by atoms with Crippen molar-refractivity contribution in [1.82, 2.24) is 0 Å². The number of carboxylic acids is 1. The van der Waals surface area contributed by atoms with Crippen LogP contribution in [-0.4, -0.2) is 30.8 Å². The van der Waals surface area contributed by atoms with E-state index in [1.165, 1.54) is 0 Å². The molecule has 1 atom stereocenters. The maximum atomic E-state index is 10.4. The maximum absolute atomic E-state index is 10.4. The summed E-state index contributed by atoms with van der Waals surface area (Å²) in [6.45, 7) is 0.408. The molecule has 0 aromatic heterocycles. The number of halogens is 1. The summed E-state index contributed by atoms with van der Waals surface area (Å²) in [6.07, 6.45) is -0.0513. The fraction of sp³-hybridized carbons (Fsp3) is 0.364. The molecule has 0 heterocycles. The number of aliphatic carboxylic acids is 1. The van der Waals surface area contributed by atoms with E-state index in [9.17, 15) is 4.79 Å². The summed E-state index contributed by atoms with van der Waals surface area (Å²) in [7, 11) is 1.59. The Bertz CT molecular complexity index is 398. The van der Waals surface area contributed by atoms with Crippen LogP contribution in [0, 0.1) is 0 Å². The molecule has 4 N–H and O–H groups in total. The summed E-state index contributed by atoms with van der Waals surface area (Å²) >= 11 is 3.36. The molecule has 0 spiro atoms. The lowest BCUT2D eigenvalue weighted by atomic mass is 10.2. The van der Waals surface area contributed by atoms with Crippen LogP contribution in [0.15, 0.2) is 22.7 Å². The van der Waals surface area contributed by atoms with Crippen molar-refractivity contribution >= 4 is 27.6 Å². The molecular formula is C11H15BrN2O3. The standard InChI is InChI=1S/C11H15BrN2O3/c1-17-10-3-2-8(5-9(10)12)14-6-7(13)4-11(15)16/h2-3,5,7,14H,4,6,13H2,1H3,(H,15,16). The van der Waals surface area contributed by atoms with Gasteiger partial charge in [-0.05, 0) is 34.1 Å². The number of hydrogen-bond acceptors (Lipinski definition) is 4. The van der Waals surface area contributed by atoms with Crippen molar-refractivity contribution in [2.45, 2.75) is 12.5 Å². The van der Waals surface area contributed by atoms with E-state index in [0.29, 0.717) is 6.54 Å². The topological polar surface area (TPSA) is 84.6 Å². The highest BCUT2D eigenvalue weighted by Gasteiger charge is 2.08. The van der Waals surface area contributed by atoms with E-state index >= 15 is 0 Å².